The Bertz CT molecular complexity index is 1060. The molecule has 3 aromatic rings. The molecule has 1 saturated heterocycles. The van der Waals surface area contributed by atoms with Crippen molar-refractivity contribution in [1.29, 1.82) is 0 Å². The van der Waals surface area contributed by atoms with Gasteiger partial charge >= 0.3 is 5.97 Å². The van der Waals surface area contributed by atoms with E-state index < -0.39 is 0 Å². The lowest BCUT2D eigenvalue weighted by molar-refractivity contribution is -0.142. The van der Waals surface area contributed by atoms with Crippen molar-refractivity contribution in [2.75, 3.05) is 13.7 Å². The van der Waals surface area contributed by atoms with Gasteiger partial charge < -0.3 is 9.30 Å². The second-order valence-electron chi connectivity index (χ2n) is 8.23. The summed E-state index contributed by atoms with van der Waals surface area (Å²) >= 11 is 7.63. The van der Waals surface area contributed by atoms with Gasteiger partial charge in [-0.05, 0) is 48.5 Å². The Kier molecular flexibility index (Phi) is 7.89. The maximum Gasteiger partial charge on any atom is 0.307 e. The molecule has 0 N–H and O–H groups in total. The Hall–Kier alpha value is -2.29. The summed E-state index contributed by atoms with van der Waals surface area (Å²) in [6, 6.07) is 14.9. The van der Waals surface area contributed by atoms with Crippen LogP contribution in [0.4, 0.5) is 0 Å². The quantitative estimate of drug-likeness (QED) is 0.336. The van der Waals surface area contributed by atoms with Gasteiger partial charge in [0.05, 0.1) is 20.2 Å². The van der Waals surface area contributed by atoms with E-state index in [1.54, 1.807) is 11.3 Å². The molecule has 0 aliphatic carbocycles. The Morgan fingerprint density at radius 2 is 2.06 bits per heavy atom. The number of piperidine rings is 1. The highest BCUT2D eigenvalue weighted by Gasteiger charge is 2.26. The third kappa shape index (κ3) is 5.74. The second kappa shape index (κ2) is 11.0. The molecule has 6 nitrogen and oxygen atoms in total. The summed E-state index contributed by atoms with van der Waals surface area (Å²) in [5, 5.41) is 7.05. The van der Waals surface area contributed by atoms with E-state index in [2.05, 4.69) is 51.2 Å². The van der Waals surface area contributed by atoms with Crippen LogP contribution >= 0.6 is 23.6 Å². The lowest BCUT2D eigenvalue weighted by Gasteiger charge is -2.34. The number of benzene rings is 1. The molecule has 0 radical (unpaired) electrons. The zero-order chi connectivity index (χ0) is 22.3. The fraction of sp³-hybridized carbons (Fsp3) is 0.458. The van der Waals surface area contributed by atoms with Crippen molar-refractivity contribution in [2.45, 2.75) is 57.8 Å². The Labute approximate surface area is 198 Å². The first kappa shape index (κ1) is 22.9. The fourth-order valence-corrected chi connectivity index (χ4v) is 5.31. The molecule has 0 bridgehead atoms. The van der Waals surface area contributed by atoms with Crippen molar-refractivity contribution in [3.8, 4) is 0 Å². The number of carbonyl (C=O) groups is 1. The van der Waals surface area contributed by atoms with Crippen molar-refractivity contribution in [1.82, 2.24) is 19.2 Å². The number of aryl methyl sites for hydroxylation is 1. The first-order chi connectivity index (χ1) is 15.6. The Morgan fingerprint density at radius 1 is 1.22 bits per heavy atom. The zero-order valence-electron chi connectivity index (χ0n) is 18.5. The van der Waals surface area contributed by atoms with Crippen LogP contribution in [0.3, 0.4) is 0 Å². The lowest BCUT2D eigenvalue weighted by Crippen LogP contribution is -2.42. The topological polar surface area (TPSA) is 52.3 Å². The SMILES string of the molecule is COC(=O)C[C@@H]1CCCCN1Cn1nc(Cc2cccs2)n(CCc2ccccc2)c1=S. The van der Waals surface area contributed by atoms with E-state index in [1.807, 2.05) is 10.7 Å². The highest BCUT2D eigenvalue weighted by atomic mass is 32.1. The average Bonchev–Trinajstić information content (AvgIpc) is 3.43. The number of likely N-dealkylation sites (tertiary alicyclic amines) is 1. The molecule has 2 aromatic heterocycles. The van der Waals surface area contributed by atoms with Gasteiger partial charge in [-0.15, -0.1) is 11.3 Å². The molecule has 1 fully saturated rings. The van der Waals surface area contributed by atoms with E-state index in [0.29, 0.717) is 13.1 Å². The van der Waals surface area contributed by atoms with Crippen LogP contribution < -0.4 is 0 Å². The number of hydrogen-bond acceptors (Lipinski definition) is 6. The Balaban J connectivity index is 1.56. The number of aromatic nitrogens is 3. The number of carbonyl (C=O) groups excluding carboxylic acids is 1. The smallest absolute Gasteiger partial charge is 0.307 e. The van der Waals surface area contributed by atoms with Crippen LogP contribution in [0.25, 0.3) is 0 Å². The molecule has 3 heterocycles. The minimum absolute atomic E-state index is 0.155. The van der Waals surface area contributed by atoms with Crippen LogP contribution in [0.15, 0.2) is 47.8 Å². The molecule has 1 aliphatic heterocycles. The standard InChI is InChI=1S/C24H30N4O2S2/c1-30-23(29)16-20-10-5-6-13-26(20)18-28-24(31)27(14-12-19-8-3-2-4-9-19)22(25-28)17-21-11-7-15-32-21/h2-4,7-9,11,15,20H,5-6,10,12-14,16-18H2,1H3/t20-/m0/s1. The van der Waals surface area contributed by atoms with Gasteiger partial charge in [0, 0.05) is 30.4 Å². The maximum absolute atomic E-state index is 11.9. The largest absolute Gasteiger partial charge is 0.469 e. The molecular formula is C24H30N4O2S2. The van der Waals surface area contributed by atoms with E-state index in [9.17, 15) is 4.79 Å². The molecule has 32 heavy (non-hydrogen) atoms. The highest BCUT2D eigenvalue weighted by molar-refractivity contribution is 7.71. The number of rotatable bonds is 9. The molecule has 8 heteroatoms. The monoisotopic (exact) mass is 470 g/mol. The molecule has 1 atom stereocenters. The predicted octanol–water partition coefficient (Wildman–Crippen LogP) is 4.68. The van der Waals surface area contributed by atoms with Crippen LogP contribution in [0.2, 0.25) is 0 Å². The molecule has 1 aromatic carbocycles. The summed E-state index contributed by atoms with van der Waals surface area (Å²) in [4.78, 5) is 15.5. The molecule has 0 saturated carbocycles. The third-order valence-corrected chi connectivity index (χ3v) is 7.38. The first-order valence-electron chi connectivity index (χ1n) is 11.2. The van der Waals surface area contributed by atoms with E-state index >= 15 is 0 Å². The number of nitrogens with zero attached hydrogens (tertiary/aromatic N) is 4. The predicted molar refractivity (Wildman–Crippen MR) is 129 cm³/mol. The highest BCUT2D eigenvalue weighted by Crippen LogP contribution is 2.22. The van der Waals surface area contributed by atoms with Crippen LogP contribution in [-0.2, 0) is 35.6 Å². The van der Waals surface area contributed by atoms with Crippen molar-refractivity contribution >= 4 is 29.5 Å². The molecule has 4 rings (SSSR count). The summed E-state index contributed by atoms with van der Waals surface area (Å²) < 4.78 is 9.79. The van der Waals surface area contributed by atoms with Gasteiger partial charge in [0.15, 0.2) is 4.77 Å². The number of esters is 1. The number of thiophene rings is 1. The minimum Gasteiger partial charge on any atom is -0.469 e. The van der Waals surface area contributed by atoms with Gasteiger partial charge in [-0.25, -0.2) is 4.68 Å². The number of ether oxygens (including phenoxy) is 1. The van der Waals surface area contributed by atoms with Gasteiger partial charge in [0.1, 0.15) is 5.82 Å². The minimum atomic E-state index is -0.155. The van der Waals surface area contributed by atoms with Gasteiger partial charge in [-0.1, -0.05) is 42.8 Å². The summed E-state index contributed by atoms with van der Waals surface area (Å²) in [5.74, 6) is 0.840. The summed E-state index contributed by atoms with van der Waals surface area (Å²) in [6.07, 6.45) is 5.36. The van der Waals surface area contributed by atoms with Gasteiger partial charge in [-0.2, -0.15) is 5.10 Å². The van der Waals surface area contributed by atoms with Crippen LogP contribution in [0, 0.1) is 4.77 Å². The molecule has 170 valence electrons. The fourth-order valence-electron chi connectivity index (χ4n) is 4.31. The molecule has 0 unspecified atom stereocenters. The zero-order valence-corrected chi connectivity index (χ0v) is 20.1. The average molecular weight is 471 g/mol. The Morgan fingerprint density at radius 3 is 2.81 bits per heavy atom. The van der Waals surface area contributed by atoms with E-state index in [-0.39, 0.29) is 12.0 Å². The van der Waals surface area contributed by atoms with Gasteiger partial charge in [0.2, 0.25) is 0 Å². The van der Waals surface area contributed by atoms with E-state index in [1.165, 1.54) is 17.6 Å². The van der Waals surface area contributed by atoms with Crippen molar-refractivity contribution in [2.24, 2.45) is 0 Å². The summed E-state index contributed by atoms with van der Waals surface area (Å²) in [7, 11) is 1.46. The first-order valence-corrected chi connectivity index (χ1v) is 12.5. The summed E-state index contributed by atoms with van der Waals surface area (Å²) in [6.45, 7) is 2.35. The molecule has 0 spiro atoms. The van der Waals surface area contributed by atoms with Crippen molar-refractivity contribution in [3.63, 3.8) is 0 Å². The van der Waals surface area contributed by atoms with Crippen LogP contribution in [-0.4, -0.2) is 44.9 Å². The van der Waals surface area contributed by atoms with Gasteiger partial charge in [0.25, 0.3) is 0 Å². The van der Waals surface area contributed by atoms with Crippen molar-refractivity contribution < 1.29 is 9.53 Å². The molecule has 1 aliphatic rings. The normalized spacial score (nSPS) is 16.8. The molecule has 0 amide bonds. The number of methoxy groups -OCH3 is 1. The van der Waals surface area contributed by atoms with Crippen LogP contribution in [0.5, 0.6) is 0 Å². The second-order valence-corrected chi connectivity index (χ2v) is 9.62. The maximum atomic E-state index is 11.9. The van der Waals surface area contributed by atoms with Gasteiger partial charge in [-0.3, -0.25) is 9.69 Å². The van der Waals surface area contributed by atoms with Crippen LogP contribution in [0.1, 0.15) is 41.9 Å². The van der Waals surface area contributed by atoms with E-state index in [0.717, 1.165) is 55.8 Å². The number of hydrogen-bond donors (Lipinski definition) is 0. The summed E-state index contributed by atoms with van der Waals surface area (Å²) in [5.41, 5.74) is 1.29. The lowest BCUT2D eigenvalue weighted by atomic mass is 10.00. The van der Waals surface area contributed by atoms with E-state index in [4.69, 9.17) is 22.1 Å². The van der Waals surface area contributed by atoms with Crippen molar-refractivity contribution in [3.05, 3.63) is 68.9 Å². The third-order valence-electron chi connectivity index (χ3n) is 6.07. The molecular weight excluding hydrogens is 440 g/mol.